The van der Waals surface area contributed by atoms with Gasteiger partial charge < -0.3 is 9.47 Å². The van der Waals surface area contributed by atoms with Crippen molar-refractivity contribution in [1.82, 2.24) is 10.2 Å². The molecule has 0 aliphatic carbocycles. The fourth-order valence-electron chi connectivity index (χ4n) is 2.75. The van der Waals surface area contributed by atoms with Gasteiger partial charge in [-0.15, -0.1) is 10.2 Å². The summed E-state index contributed by atoms with van der Waals surface area (Å²) in [5, 5.41) is 7.93. The minimum absolute atomic E-state index is 0.0823. The Morgan fingerprint density at radius 1 is 1.00 bits per heavy atom. The van der Waals surface area contributed by atoms with Gasteiger partial charge in [0, 0.05) is 6.07 Å². The molecule has 0 aliphatic rings. The van der Waals surface area contributed by atoms with Crippen LogP contribution in [0.5, 0.6) is 17.4 Å². The number of hydrogen-bond acceptors (Lipinski definition) is 5. The predicted octanol–water partition coefficient (Wildman–Crippen LogP) is 5.88. The van der Waals surface area contributed by atoms with Crippen LogP contribution in [0.15, 0.2) is 48.5 Å². The summed E-state index contributed by atoms with van der Waals surface area (Å²) in [7, 11) is 0. The van der Waals surface area contributed by atoms with E-state index >= 15 is 0 Å². The first-order valence-corrected chi connectivity index (χ1v) is 9.32. The molecule has 144 valence electrons. The van der Waals surface area contributed by atoms with Crippen molar-refractivity contribution in [1.29, 1.82) is 0 Å². The number of esters is 1. The van der Waals surface area contributed by atoms with Gasteiger partial charge in [-0.2, -0.15) is 0 Å². The van der Waals surface area contributed by atoms with E-state index in [-0.39, 0.29) is 22.7 Å². The van der Waals surface area contributed by atoms with Gasteiger partial charge in [-0.25, -0.2) is 4.79 Å². The molecule has 0 unspecified atom stereocenters. The quantitative estimate of drug-likeness (QED) is 0.504. The minimum atomic E-state index is -0.514. The number of halogens is 1. The highest BCUT2D eigenvalue weighted by Gasteiger charge is 2.19. The molecule has 3 aromatic rings. The van der Waals surface area contributed by atoms with Crippen LogP contribution in [0.4, 0.5) is 0 Å². The van der Waals surface area contributed by atoms with E-state index in [4.69, 9.17) is 21.1 Å². The van der Waals surface area contributed by atoms with E-state index in [9.17, 15) is 4.79 Å². The molecule has 1 heterocycles. The van der Waals surface area contributed by atoms with Gasteiger partial charge in [-0.05, 0) is 48.6 Å². The van der Waals surface area contributed by atoms with Gasteiger partial charge in [-0.3, -0.25) is 0 Å². The molecule has 0 atom stereocenters. The second kappa shape index (κ2) is 8.40. The van der Waals surface area contributed by atoms with Gasteiger partial charge in [0.2, 0.25) is 0 Å². The lowest BCUT2D eigenvalue weighted by atomic mass is 10.0. The lowest BCUT2D eigenvalue weighted by Gasteiger charge is -2.15. The zero-order chi connectivity index (χ0) is 20.3. The molecule has 5 nitrogen and oxygen atoms in total. The van der Waals surface area contributed by atoms with E-state index in [0.717, 1.165) is 16.7 Å². The Hall–Kier alpha value is -2.92. The van der Waals surface area contributed by atoms with Crippen LogP contribution in [0, 0.1) is 13.8 Å². The normalized spacial score (nSPS) is 10.8. The summed E-state index contributed by atoms with van der Waals surface area (Å²) in [5.41, 5.74) is 3.32. The van der Waals surface area contributed by atoms with Crippen molar-refractivity contribution in [3.05, 3.63) is 75.9 Å². The summed E-state index contributed by atoms with van der Waals surface area (Å²) in [6, 6.07) is 14.5. The molecular weight excluding hydrogens is 376 g/mol. The van der Waals surface area contributed by atoms with Gasteiger partial charge in [0.05, 0.1) is 5.56 Å². The zero-order valence-corrected chi connectivity index (χ0v) is 16.9. The maximum Gasteiger partial charge on any atom is 0.343 e. The highest BCUT2D eigenvalue weighted by Crippen LogP contribution is 2.35. The van der Waals surface area contributed by atoms with Crippen molar-refractivity contribution in [2.75, 3.05) is 0 Å². The van der Waals surface area contributed by atoms with Crippen LogP contribution in [0.2, 0.25) is 5.15 Å². The Labute approximate surface area is 169 Å². The molecule has 0 amide bonds. The van der Waals surface area contributed by atoms with Crippen LogP contribution in [-0.2, 0) is 0 Å². The number of carbonyl (C=O) groups is 1. The number of aromatic nitrogens is 2. The van der Waals surface area contributed by atoms with E-state index in [2.05, 4.69) is 24.0 Å². The van der Waals surface area contributed by atoms with Crippen molar-refractivity contribution in [2.45, 2.75) is 33.6 Å². The van der Waals surface area contributed by atoms with Crippen molar-refractivity contribution in [3.63, 3.8) is 0 Å². The van der Waals surface area contributed by atoms with Crippen LogP contribution in [0.1, 0.15) is 46.8 Å². The maximum atomic E-state index is 12.6. The molecule has 0 aliphatic heterocycles. The van der Waals surface area contributed by atoms with Crippen LogP contribution in [0.3, 0.4) is 0 Å². The number of carbonyl (C=O) groups excluding carboxylic acids is 1. The lowest BCUT2D eigenvalue weighted by Crippen LogP contribution is -2.11. The van der Waals surface area contributed by atoms with Gasteiger partial charge in [-0.1, -0.05) is 55.8 Å². The van der Waals surface area contributed by atoms with Crippen LogP contribution >= 0.6 is 11.6 Å². The largest absolute Gasteiger partial charge is 0.435 e. The van der Waals surface area contributed by atoms with Gasteiger partial charge >= 0.3 is 5.97 Å². The monoisotopic (exact) mass is 396 g/mol. The van der Waals surface area contributed by atoms with Crippen molar-refractivity contribution < 1.29 is 14.3 Å². The second-order valence-corrected chi connectivity index (χ2v) is 7.23. The Balaban J connectivity index is 1.95. The summed E-state index contributed by atoms with van der Waals surface area (Å²) in [6.07, 6.45) is 0. The number of rotatable bonds is 5. The molecule has 6 heteroatoms. The summed E-state index contributed by atoms with van der Waals surface area (Å²) >= 11 is 5.97. The van der Waals surface area contributed by atoms with E-state index in [0.29, 0.717) is 11.3 Å². The van der Waals surface area contributed by atoms with E-state index < -0.39 is 5.97 Å². The van der Waals surface area contributed by atoms with Gasteiger partial charge in [0.15, 0.2) is 10.9 Å². The number of ether oxygens (including phenoxy) is 2. The van der Waals surface area contributed by atoms with E-state index in [1.54, 1.807) is 12.1 Å². The minimum Gasteiger partial charge on any atom is -0.435 e. The molecule has 0 N–H and O–H groups in total. The molecule has 0 bridgehead atoms. The first kappa shape index (κ1) is 19.8. The van der Waals surface area contributed by atoms with Gasteiger partial charge in [0.25, 0.3) is 5.88 Å². The molecule has 0 spiro atoms. The van der Waals surface area contributed by atoms with E-state index in [1.165, 1.54) is 6.07 Å². The topological polar surface area (TPSA) is 61.3 Å². The van der Waals surface area contributed by atoms with Crippen LogP contribution in [-0.4, -0.2) is 16.2 Å². The van der Waals surface area contributed by atoms with Crippen LogP contribution < -0.4 is 9.47 Å². The van der Waals surface area contributed by atoms with Crippen LogP contribution in [0.25, 0.3) is 0 Å². The zero-order valence-electron chi connectivity index (χ0n) is 16.2. The number of nitrogens with zero attached hydrogens (tertiary/aromatic N) is 2. The molecule has 0 saturated carbocycles. The summed E-state index contributed by atoms with van der Waals surface area (Å²) in [5.74, 6) is 0.567. The maximum absolute atomic E-state index is 12.6. The molecule has 2 aromatic carbocycles. The third kappa shape index (κ3) is 4.49. The molecule has 1 aromatic heterocycles. The fourth-order valence-corrected chi connectivity index (χ4v) is 2.89. The Bertz CT molecular complexity index is 1020. The van der Waals surface area contributed by atoms with E-state index in [1.807, 2.05) is 44.2 Å². The fraction of sp³-hybridized carbons (Fsp3) is 0.227. The average Bonchev–Trinajstić information content (AvgIpc) is 2.64. The second-order valence-electron chi connectivity index (χ2n) is 6.84. The molecule has 3 rings (SSSR count). The summed E-state index contributed by atoms with van der Waals surface area (Å²) in [4.78, 5) is 12.6. The highest BCUT2D eigenvalue weighted by molar-refractivity contribution is 6.29. The predicted molar refractivity (Wildman–Crippen MR) is 109 cm³/mol. The Kier molecular flexibility index (Phi) is 5.95. The Morgan fingerprint density at radius 3 is 2.46 bits per heavy atom. The lowest BCUT2D eigenvalue weighted by molar-refractivity contribution is 0.0728. The van der Waals surface area contributed by atoms with Crippen molar-refractivity contribution >= 4 is 17.6 Å². The number of aryl methyl sites for hydroxylation is 2. The first-order valence-electron chi connectivity index (χ1n) is 8.94. The van der Waals surface area contributed by atoms with Crippen molar-refractivity contribution in [2.24, 2.45) is 0 Å². The molecule has 0 radical (unpaired) electrons. The number of benzene rings is 2. The third-order valence-corrected chi connectivity index (χ3v) is 4.45. The summed E-state index contributed by atoms with van der Waals surface area (Å²) in [6.45, 7) is 7.96. The summed E-state index contributed by atoms with van der Waals surface area (Å²) < 4.78 is 11.5. The number of hydrogen-bond donors (Lipinski definition) is 0. The van der Waals surface area contributed by atoms with Crippen molar-refractivity contribution in [3.8, 4) is 17.4 Å². The third-order valence-electron chi connectivity index (χ3n) is 4.26. The molecule has 0 fully saturated rings. The molecule has 28 heavy (non-hydrogen) atoms. The molecule has 0 saturated heterocycles. The standard InChI is InChI=1S/C22H21ClN2O3/c1-13(2)16-10-9-14(3)11-18(16)27-21-19(12-20(23)24-25-21)28-22(26)17-8-6-5-7-15(17)4/h5-13H,1-4H3. The SMILES string of the molecule is Cc1ccc(C(C)C)c(Oc2nnc(Cl)cc2OC(=O)c2ccccc2C)c1. The molecular formula is C22H21ClN2O3. The van der Waals surface area contributed by atoms with Gasteiger partial charge in [0.1, 0.15) is 5.75 Å². The highest BCUT2D eigenvalue weighted by atomic mass is 35.5. The smallest absolute Gasteiger partial charge is 0.343 e. The Morgan fingerprint density at radius 2 is 1.75 bits per heavy atom. The average molecular weight is 397 g/mol. The first-order chi connectivity index (χ1) is 13.3.